The highest BCUT2D eigenvalue weighted by molar-refractivity contribution is 6.29. The zero-order chi connectivity index (χ0) is 13.0. The summed E-state index contributed by atoms with van der Waals surface area (Å²) in [5.41, 5.74) is 0.995. The van der Waals surface area contributed by atoms with E-state index in [1.165, 1.54) is 6.42 Å². The second kappa shape index (κ2) is 6.45. The van der Waals surface area contributed by atoms with Crippen LogP contribution in [-0.2, 0) is 6.54 Å². The Labute approximate surface area is 114 Å². The van der Waals surface area contributed by atoms with Gasteiger partial charge in [-0.1, -0.05) is 25.4 Å². The fraction of sp³-hybridized carbons (Fsp3) is 0.692. The van der Waals surface area contributed by atoms with E-state index < -0.39 is 0 Å². The molecule has 18 heavy (non-hydrogen) atoms. The first-order valence-corrected chi connectivity index (χ1v) is 7.04. The van der Waals surface area contributed by atoms with E-state index in [9.17, 15) is 0 Å². The lowest BCUT2D eigenvalue weighted by molar-refractivity contribution is 0.116. The molecule has 1 fully saturated rings. The van der Waals surface area contributed by atoms with Crippen molar-refractivity contribution in [3.05, 3.63) is 23.2 Å². The molecule has 1 aromatic heterocycles. The monoisotopic (exact) mass is 268 g/mol. The third-order valence-electron chi connectivity index (χ3n) is 3.62. The number of hydrogen-bond donors (Lipinski definition) is 1. The molecule has 1 N–H and O–H groups in total. The van der Waals surface area contributed by atoms with Gasteiger partial charge in [-0.05, 0) is 12.8 Å². The smallest absolute Gasteiger partial charge is 0.147 e. The molecular weight excluding hydrogens is 248 g/mol. The number of halogens is 1. The van der Waals surface area contributed by atoms with Crippen molar-refractivity contribution in [3.8, 4) is 0 Å². The zero-order valence-electron chi connectivity index (χ0n) is 11.1. The number of nitrogens with one attached hydrogen (secondary N) is 1. The molecule has 4 nitrogen and oxygen atoms in total. The lowest BCUT2D eigenvalue weighted by atomic mass is 10.1. The minimum absolute atomic E-state index is 0.456. The molecule has 100 valence electrons. The van der Waals surface area contributed by atoms with Gasteiger partial charge in [-0.3, -0.25) is 9.88 Å². The van der Waals surface area contributed by atoms with Crippen molar-refractivity contribution in [2.45, 2.75) is 45.3 Å². The number of hydrogen-bond acceptors (Lipinski definition) is 4. The lowest BCUT2D eigenvalue weighted by Gasteiger charge is -2.39. The van der Waals surface area contributed by atoms with Gasteiger partial charge in [0, 0.05) is 31.7 Å². The third kappa shape index (κ3) is 3.40. The molecule has 1 aliphatic heterocycles. The number of rotatable bonds is 4. The van der Waals surface area contributed by atoms with Gasteiger partial charge in [-0.25, -0.2) is 4.98 Å². The average molecular weight is 269 g/mol. The van der Waals surface area contributed by atoms with Gasteiger partial charge in [0.25, 0.3) is 0 Å². The van der Waals surface area contributed by atoms with Crippen LogP contribution < -0.4 is 5.32 Å². The van der Waals surface area contributed by atoms with Crippen molar-refractivity contribution in [1.29, 1.82) is 0 Å². The van der Waals surface area contributed by atoms with Gasteiger partial charge in [-0.2, -0.15) is 0 Å². The Morgan fingerprint density at radius 1 is 1.33 bits per heavy atom. The van der Waals surface area contributed by atoms with Crippen molar-refractivity contribution >= 4 is 11.6 Å². The van der Waals surface area contributed by atoms with Crippen LogP contribution >= 0.6 is 11.6 Å². The summed E-state index contributed by atoms with van der Waals surface area (Å²) in [6.45, 7) is 7.47. The summed E-state index contributed by atoms with van der Waals surface area (Å²) >= 11 is 5.76. The zero-order valence-corrected chi connectivity index (χ0v) is 11.8. The standard InChI is InChI=1S/C13H21ClN4/c1-3-10-8-18(12(4-2)6-15-10)9-11-5-17-13(14)7-16-11/h5,7,10,12,15H,3-4,6,8-9H2,1-2H3. The summed E-state index contributed by atoms with van der Waals surface area (Å²) in [4.78, 5) is 10.9. The summed E-state index contributed by atoms with van der Waals surface area (Å²) < 4.78 is 0. The first kappa shape index (κ1) is 13.7. The Bertz CT molecular complexity index is 368. The van der Waals surface area contributed by atoms with Gasteiger partial charge < -0.3 is 5.32 Å². The molecule has 0 saturated carbocycles. The molecular formula is C13H21ClN4. The van der Waals surface area contributed by atoms with Crippen molar-refractivity contribution in [2.24, 2.45) is 0 Å². The summed E-state index contributed by atoms with van der Waals surface area (Å²) in [6, 6.07) is 1.18. The van der Waals surface area contributed by atoms with Crippen LogP contribution in [0.1, 0.15) is 32.4 Å². The van der Waals surface area contributed by atoms with E-state index in [4.69, 9.17) is 11.6 Å². The third-order valence-corrected chi connectivity index (χ3v) is 3.81. The predicted octanol–water partition coefficient (Wildman–Crippen LogP) is 2.09. The fourth-order valence-corrected chi connectivity index (χ4v) is 2.52. The Hall–Kier alpha value is -0.710. The van der Waals surface area contributed by atoms with Crippen molar-refractivity contribution in [1.82, 2.24) is 20.2 Å². The van der Waals surface area contributed by atoms with E-state index in [0.717, 1.165) is 31.7 Å². The molecule has 2 rings (SSSR count). The van der Waals surface area contributed by atoms with Gasteiger partial charge in [0.05, 0.1) is 18.1 Å². The molecule has 2 unspecified atom stereocenters. The molecule has 0 bridgehead atoms. The van der Waals surface area contributed by atoms with Crippen molar-refractivity contribution < 1.29 is 0 Å². The minimum atomic E-state index is 0.456. The maximum Gasteiger partial charge on any atom is 0.147 e. The van der Waals surface area contributed by atoms with E-state index in [1.807, 2.05) is 0 Å². The van der Waals surface area contributed by atoms with Crippen LogP contribution in [0.15, 0.2) is 12.4 Å². The fourth-order valence-electron chi connectivity index (χ4n) is 2.43. The van der Waals surface area contributed by atoms with Gasteiger partial charge in [0.2, 0.25) is 0 Å². The summed E-state index contributed by atoms with van der Waals surface area (Å²) in [7, 11) is 0. The first-order chi connectivity index (χ1) is 8.72. The van der Waals surface area contributed by atoms with Crippen molar-refractivity contribution in [3.63, 3.8) is 0 Å². The molecule has 1 aromatic rings. The molecule has 2 atom stereocenters. The molecule has 0 aromatic carbocycles. The molecule has 2 heterocycles. The van der Waals surface area contributed by atoms with E-state index >= 15 is 0 Å². The molecule has 0 spiro atoms. The molecule has 0 radical (unpaired) electrons. The van der Waals surface area contributed by atoms with E-state index in [-0.39, 0.29) is 0 Å². The van der Waals surface area contributed by atoms with E-state index in [2.05, 4.69) is 34.0 Å². The highest BCUT2D eigenvalue weighted by atomic mass is 35.5. The van der Waals surface area contributed by atoms with Crippen LogP contribution in [0.25, 0.3) is 0 Å². The second-order valence-corrected chi connectivity index (χ2v) is 5.22. The Morgan fingerprint density at radius 2 is 2.17 bits per heavy atom. The van der Waals surface area contributed by atoms with Gasteiger partial charge >= 0.3 is 0 Å². The summed E-state index contributed by atoms with van der Waals surface area (Å²) in [6.07, 6.45) is 5.72. The normalized spacial score (nSPS) is 25.3. The Balaban J connectivity index is 2.02. The number of nitrogens with zero attached hydrogens (tertiary/aromatic N) is 3. The summed E-state index contributed by atoms with van der Waals surface area (Å²) in [5.74, 6) is 0. The Kier molecular flexibility index (Phi) is 4.92. The minimum Gasteiger partial charge on any atom is -0.311 e. The number of aromatic nitrogens is 2. The molecule has 1 aliphatic rings. The van der Waals surface area contributed by atoms with Crippen LogP contribution in [0.3, 0.4) is 0 Å². The second-order valence-electron chi connectivity index (χ2n) is 4.84. The van der Waals surface area contributed by atoms with E-state index in [1.54, 1.807) is 12.4 Å². The largest absolute Gasteiger partial charge is 0.311 e. The summed E-state index contributed by atoms with van der Waals surface area (Å²) in [5, 5.41) is 4.05. The predicted molar refractivity (Wildman–Crippen MR) is 73.6 cm³/mol. The van der Waals surface area contributed by atoms with Crippen LogP contribution in [0, 0.1) is 0 Å². The van der Waals surface area contributed by atoms with E-state index in [0.29, 0.717) is 17.2 Å². The molecule has 1 saturated heterocycles. The maximum absolute atomic E-state index is 5.76. The topological polar surface area (TPSA) is 41.1 Å². The van der Waals surface area contributed by atoms with Crippen LogP contribution in [-0.4, -0.2) is 40.0 Å². The van der Waals surface area contributed by atoms with Gasteiger partial charge in [0.1, 0.15) is 5.15 Å². The quantitative estimate of drug-likeness (QED) is 0.908. The molecule has 5 heteroatoms. The van der Waals surface area contributed by atoms with Crippen LogP contribution in [0.2, 0.25) is 5.15 Å². The van der Waals surface area contributed by atoms with Gasteiger partial charge in [0.15, 0.2) is 0 Å². The highest BCUT2D eigenvalue weighted by Gasteiger charge is 2.25. The average Bonchev–Trinajstić information content (AvgIpc) is 2.41. The Morgan fingerprint density at radius 3 is 2.78 bits per heavy atom. The van der Waals surface area contributed by atoms with Gasteiger partial charge in [-0.15, -0.1) is 0 Å². The maximum atomic E-state index is 5.76. The first-order valence-electron chi connectivity index (χ1n) is 6.66. The number of piperazine rings is 1. The molecule has 0 aliphatic carbocycles. The van der Waals surface area contributed by atoms with Crippen LogP contribution in [0.5, 0.6) is 0 Å². The highest BCUT2D eigenvalue weighted by Crippen LogP contribution is 2.15. The van der Waals surface area contributed by atoms with Crippen LogP contribution in [0.4, 0.5) is 0 Å². The molecule has 0 amide bonds. The SMILES string of the molecule is CCC1CN(Cc2cnc(Cl)cn2)C(CC)CN1. The lowest BCUT2D eigenvalue weighted by Crippen LogP contribution is -2.55. The van der Waals surface area contributed by atoms with Crippen molar-refractivity contribution in [2.75, 3.05) is 13.1 Å².